The lowest BCUT2D eigenvalue weighted by molar-refractivity contribution is -0.136. The number of nitrogens with zero attached hydrogens (tertiary/aromatic N) is 4. The number of piperidine rings is 1. The molecule has 0 amide bonds. The molecule has 2 aromatic carbocycles. The quantitative estimate of drug-likeness (QED) is 0.286. The number of aliphatic hydroxyl groups is 1. The van der Waals surface area contributed by atoms with E-state index in [2.05, 4.69) is 41.0 Å². The van der Waals surface area contributed by atoms with Crippen LogP contribution in [-0.2, 0) is 6.18 Å². The molecule has 0 radical (unpaired) electrons. The van der Waals surface area contributed by atoms with Gasteiger partial charge in [0.05, 0.1) is 6.10 Å². The summed E-state index contributed by atoms with van der Waals surface area (Å²) >= 11 is 0. The normalized spacial score (nSPS) is 17.9. The van der Waals surface area contributed by atoms with E-state index in [1.54, 1.807) is 42.5 Å². The second-order valence-electron chi connectivity index (χ2n) is 11.1. The third-order valence-electron chi connectivity index (χ3n) is 7.36. The van der Waals surface area contributed by atoms with Gasteiger partial charge in [-0.25, -0.2) is 0 Å². The Bertz CT molecular complexity index is 1390. The Hall–Kier alpha value is -3.50. The summed E-state index contributed by atoms with van der Waals surface area (Å²) in [7, 11) is 0. The fourth-order valence-electron chi connectivity index (χ4n) is 5.06. The van der Waals surface area contributed by atoms with Gasteiger partial charge in [-0.1, -0.05) is 85.7 Å². The summed E-state index contributed by atoms with van der Waals surface area (Å²) in [4.78, 5) is 6.46. The monoisotopic (exact) mass is 540 g/mol. The molecular weight excluding hydrogens is 509 g/mol. The zero-order valence-corrected chi connectivity index (χ0v) is 22.1. The van der Waals surface area contributed by atoms with Crippen molar-refractivity contribution < 1.29 is 27.3 Å². The van der Waals surface area contributed by atoms with Gasteiger partial charge in [0.25, 0.3) is 5.89 Å². The Kier molecular flexibility index (Phi) is 7.35. The first-order chi connectivity index (χ1) is 18.5. The SMILES string of the molecule is CC(C)(C)C1CCCN(CC(O)c2ccc(-c3noc(-c4onc(-c5ccccc5)c4C(F)(F)F)n3)cc2)C1. The third-order valence-corrected chi connectivity index (χ3v) is 7.36. The van der Waals surface area contributed by atoms with E-state index < -0.39 is 29.5 Å². The van der Waals surface area contributed by atoms with Crippen LogP contribution in [0.25, 0.3) is 34.3 Å². The number of rotatable bonds is 6. The average Bonchev–Trinajstić information content (AvgIpc) is 3.57. The molecule has 0 saturated carbocycles. The summed E-state index contributed by atoms with van der Waals surface area (Å²) in [6.07, 6.45) is -3.11. The molecule has 1 N–H and O–H groups in total. The van der Waals surface area contributed by atoms with Crippen LogP contribution in [0.1, 0.15) is 50.8 Å². The fourth-order valence-corrected chi connectivity index (χ4v) is 5.06. The van der Waals surface area contributed by atoms with Gasteiger partial charge in [-0.05, 0) is 36.3 Å². The molecule has 39 heavy (non-hydrogen) atoms. The van der Waals surface area contributed by atoms with Crippen molar-refractivity contribution in [2.24, 2.45) is 11.3 Å². The summed E-state index contributed by atoms with van der Waals surface area (Å²) in [5.41, 5.74) is 0.329. The van der Waals surface area contributed by atoms with E-state index in [0.717, 1.165) is 25.1 Å². The summed E-state index contributed by atoms with van der Waals surface area (Å²) in [6, 6.07) is 14.9. The number of aliphatic hydroxyl groups excluding tert-OH is 1. The minimum Gasteiger partial charge on any atom is -0.387 e. The maximum atomic E-state index is 14.0. The molecule has 4 aromatic rings. The molecule has 2 unspecified atom stereocenters. The van der Waals surface area contributed by atoms with Gasteiger partial charge in [0.2, 0.25) is 11.6 Å². The molecule has 7 nitrogen and oxygen atoms in total. The fraction of sp³-hybridized carbons (Fsp3) is 0.414. The molecule has 1 fully saturated rings. The number of alkyl halides is 3. The molecule has 1 saturated heterocycles. The largest absolute Gasteiger partial charge is 0.422 e. The number of halogens is 3. The maximum absolute atomic E-state index is 14.0. The molecule has 5 rings (SSSR count). The molecule has 1 aliphatic heterocycles. The van der Waals surface area contributed by atoms with Crippen LogP contribution in [0.3, 0.4) is 0 Å². The first kappa shape index (κ1) is 27.1. The Morgan fingerprint density at radius 2 is 1.69 bits per heavy atom. The number of hydrogen-bond donors (Lipinski definition) is 1. The van der Waals surface area contributed by atoms with Gasteiger partial charge in [-0.15, -0.1) is 0 Å². The van der Waals surface area contributed by atoms with Crippen molar-refractivity contribution in [3.05, 3.63) is 65.7 Å². The highest BCUT2D eigenvalue weighted by atomic mass is 19.4. The van der Waals surface area contributed by atoms with E-state index >= 15 is 0 Å². The summed E-state index contributed by atoms with van der Waals surface area (Å²) in [5.74, 6) is -0.378. The smallest absolute Gasteiger partial charge is 0.387 e. The van der Waals surface area contributed by atoms with Crippen molar-refractivity contribution in [2.75, 3.05) is 19.6 Å². The Morgan fingerprint density at radius 1 is 0.974 bits per heavy atom. The van der Waals surface area contributed by atoms with Crippen LogP contribution in [0, 0.1) is 11.3 Å². The minimum absolute atomic E-state index is 0.0980. The van der Waals surface area contributed by atoms with Crippen molar-refractivity contribution in [3.8, 4) is 34.3 Å². The maximum Gasteiger partial charge on any atom is 0.422 e. The predicted molar refractivity (Wildman–Crippen MR) is 139 cm³/mol. The third kappa shape index (κ3) is 5.91. The number of hydrogen-bond acceptors (Lipinski definition) is 7. The topological polar surface area (TPSA) is 88.4 Å². The van der Waals surface area contributed by atoms with Crippen molar-refractivity contribution in [3.63, 3.8) is 0 Å². The summed E-state index contributed by atoms with van der Waals surface area (Å²) in [6.45, 7) is 9.23. The Balaban J connectivity index is 1.33. The molecule has 2 aromatic heterocycles. The van der Waals surface area contributed by atoms with Crippen molar-refractivity contribution in [2.45, 2.75) is 45.9 Å². The lowest BCUT2D eigenvalue weighted by Gasteiger charge is -2.40. The van der Waals surface area contributed by atoms with Crippen LogP contribution in [0.4, 0.5) is 13.2 Å². The van der Waals surface area contributed by atoms with Gasteiger partial charge >= 0.3 is 6.18 Å². The first-order valence-corrected chi connectivity index (χ1v) is 13.0. The average molecular weight is 541 g/mol. The van der Waals surface area contributed by atoms with Crippen LogP contribution in [-0.4, -0.2) is 44.9 Å². The van der Waals surface area contributed by atoms with Gasteiger partial charge < -0.3 is 19.1 Å². The van der Waals surface area contributed by atoms with E-state index in [9.17, 15) is 18.3 Å². The second kappa shape index (κ2) is 10.6. The second-order valence-corrected chi connectivity index (χ2v) is 11.1. The zero-order chi connectivity index (χ0) is 27.8. The molecular formula is C29H31F3N4O3. The van der Waals surface area contributed by atoms with E-state index in [4.69, 9.17) is 9.05 Å². The lowest BCUT2D eigenvalue weighted by Crippen LogP contribution is -2.42. The van der Waals surface area contributed by atoms with Crippen molar-refractivity contribution in [1.82, 2.24) is 20.2 Å². The molecule has 0 aliphatic carbocycles. The van der Waals surface area contributed by atoms with Crippen LogP contribution in [0.2, 0.25) is 0 Å². The van der Waals surface area contributed by atoms with Gasteiger partial charge in [0.15, 0.2) is 0 Å². The number of aromatic nitrogens is 3. The van der Waals surface area contributed by atoms with E-state index in [1.165, 1.54) is 18.6 Å². The van der Waals surface area contributed by atoms with Crippen molar-refractivity contribution >= 4 is 0 Å². The van der Waals surface area contributed by atoms with Gasteiger partial charge in [0.1, 0.15) is 11.3 Å². The number of benzene rings is 2. The Labute approximate surface area is 224 Å². The minimum atomic E-state index is -4.76. The highest BCUT2D eigenvalue weighted by Gasteiger charge is 2.43. The van der Waals surface area contributed by atoms with Gasteiger partial charge in [0, 0.05) is 24.2 Å². The molecule has 0 bridgehead atoms. The predicted octanol–water partition coefficient (Wildman–Crippen LogP) is 6.87. The zero-order valence-electron chi connectivity index (χ0n) is 22.1. The highest BCUT2D eigenvalue weighted by Crippen LogP contribution is 2.43. The molecule has 206 valence electrons. The lowest BCUT2D eigenvalue weighted by atomic mass is 9.76. The molecule has 10 heteroatoms. The van der Waals surface area contributed by atoms with E-state index in [1.807, 2.05) is 0 Å². The van der Waals surface area contributed by atoms with Gasteiger partial charge in [-0.3, -0.25) is 0 Å². The number of likely N-dealkylation sites (tertiary alicyclic amines) is 1. The molecule has 3 heterocycles. The Morgan fingerprint density at radius 3 is 2.36 bits per heavy atom. The highest BCUT2D eigenvalue weighted by molar-refractivity contribution is 5.71. The molecule has 1 aliphatic rings. The van der Waals surface area contributed by atoms with Crippen LogP contribution in [0.5, 0.6) is 0 Å². The van der Waals surface area contributed by atoms with Crippen LogP contribution in [0.15, 0.2) is 63.6 Å². The van der Waals surface area contributed by atoms with Crippen molar-refractivity contribution in [1.29, 1.82) is 0 Å². The molecule has 0 spiro atoms. The van der Waals surface area contributed by atoms with E-state index in [-0.39, 0.29) is 22.5 Å². The van der Waals surface area contributed by atoms with Gasteiger partial charge in [-0.2, -0.15) is 18.2 Å². The number of β-amino-alcohol motifs (C(OH)–C–C–N with tert-alkyl or cyclic N) is 1. The van der Waals surface area contributed by atoms with Crippen LogP contribution < -0.4 is 0 Å². The summed E-state index contributed by atoms with van der Waals surface area (Å²) in [5, 5.41) is 18.4. The van der Waals surface area contributed by atoms with Crippen LogP contribution >= 0.6 is 0 Å². The van der Waals surface area contributed by atoms with E-state index in [0.29, 0.717) is 18.0 Å². The first-order valence-electron chi connectivity index (χ1n) is 13.0. The summed E-state index contributed by atoms with van der Waals surface area (Å²) < 4.78 is 52.2. The molecule has 2 atom stereocenters. The standard InChI is InChI=1S/C29H31F3N4O3/c1-28(2,3)21-10-7-15-36(16-21)17-22(37)18-11-13-20(14-12-18)26-33-27(39-35-26)25-23(29(30,31)32)24(34-38-25)19-8-5-4-6-9-19/h4-6,8-9,11-14,21-22,37H,7,10,15-17H2,1-3H3.